The first kappa shape index (κ1) is 14.3. The predicted molar refractivity (Wildman–Crippen MR) is 83.8 cm³/mol. The van der Waals surface area contributed by atoms with Gasteiger partial charge in [-0.15, -0.1) is 0 Å². The van der Waals surface area contributed by atoms with Gasteiger partial charge in [0.1, 0.15) is 5.82 Å². The molecule has 5 heteroatoms. The first-order chi connectivity index (χ1) is 9.01. The van der Waals surface area contributed by atoms with Gasteiger partial charge in [0.05, 0.1) is 0 Å². The molecule has 1 N–H and O–H groups in total. The molecule has 3 nitrogen and oxygen atoms in total. The van der Waals surface area contributed by atoms with Crippen molar-refractivity contribution in [2.75, 3.05) is 12.4 Å². The molecule has 0 unspecified atom stereocenters. The summed E-state index contributed by atoms with van der Waals surface area (Å²) in [7, 11) is 1.85. The molecule has 0 saturated carbocycles. The summed E-state index contributed by atoms with van der Waals surface area (Å²) in [5, 5.41) is 3.76. The Bertz CT molecular complexity index is 599. The quantitative estimate of drug-likeness (QED) is 0.878. The number of nitrogens with one attached hydrogen (secondary N) is 1. The molecule has 19 heavy (non-hydrogen) atoms. The van der Waals surface area contributed by atoms with E-state index in [1.807, 2.05) is 31.3 Å². The van der Waals surface area contributed by atoms with Gasteiger partial charge in [-0.1, -0.05) is 25.4 Å². The second kappa shape index (κ2) is 5.88. The molecule has 0 radical (unpaired) electrons. The molecule has 100 valence electrons. The standard InChI is InChI=1S/C14H15BrClN3/c1-8(2)12-7-13(17-3)19-14(18-12)10-5-4-9(16)6-11(10)15/h4-8H,1-3H3,(H,17,18,19). The van der Waals surface area contributed by atoms with E-state index in [-0.39, 0.29) is 0 Å². The van der Waals surface area contributed by atoms with Crippen LogP contribution in [-0.2, 0) is 0 Å². The Labute approximate surface area is 126 Å². The smallest absolute Gasteiger partial charge is 0.162 e. The van der Waals surface area contributed by atoms with E-state index < -0.39 is 0 Å². The molecule has 0 bridgehead atoms. The Morgan fingerprint density at radius 3 is 2.53 bits per heavy atom. The molecule has 1 heterocycles. The maximum atomic E-state index is 5.96. The molecule has 0 spiro atoms. The lowest BCUT2D eigenvalue weighted by molar-refractivity contribution is 0.817. The first-order valence-electron chi connectivity index (χ1n) is 6.03. The van der Waals surface area contributed by atoms with Crippen molar-refractivity contribution < 1.29 is 0 Å². The van der Waals surface area contributed by atoms with Gasteiger partial charge < -0.3 is 5.32 Å². The Balaban J connectivity index is 2.57. The number of benzene rings is 1. The molecule has 1 aromatic heterocycles. The van der Waals surface area contributed by atoms with Gasteiger partial charge in [0.15, 0.2) is 5.82 Å². The summed E-state index contributed by atoms with van der Waals surface area (Å²) in [5.41, 5.74) is 1.94. The van der Waals surface area contributed by atoms with Crippen LogP contribution < -0.4 is 5.32 Å². The largest absolute Gasteiger partial charge is 0.373 e. The summed E-state index contributed by atoms with van der Waals surface area (Å²) in [6.45, 7) is 4.23. The Morgan fingerprint density at radius 2 is 1.95 bits per heavy atom. The molecule has 0 saturated heterocycles. The van der Waals surface area contributed by atoms with Gasteiger partial charge in [0.25, 0.3) is 0 Å². The van der Waals surface area contributed by atoms with E-state index in [1.165, 1.54) is 0 Å². The van der Waals surface area contributed by atoms with Crippen LogP contribution in [0.15, 0.2) is 28.7 Å². The molecule has 2 rings (SSSR count). The van der Waals surface area contributed by atoms with E-state index in [2.05, 4.69) is 45.1 Å². The number of hydrogen-bond acceptors (Lipinski definition) is 3. The zero-order chi connectivity index (χ0) is 14.0. The highest BCUT2D eigenvalue weighted by atomic mass is 79.9. The van der Waals surface area contributed by atoms with Crippen molar-refractivity contribution in [2.45, 2.75) is 19.8 Å². The molecule has 2 aromatic rings. The third-order valence-electron chi connectivity index (χ3n) is 2.77. The van der Waals surface area contributed by atoms with Crippen LogP contribution in [0.4, 0.5) is 5.82 Å². The second-order valence-corrected chi connectivity index (χ2v) is 5.82. The molecule has 0 aliphatic heterocycles. The summed E-state index contributed by atoms with van der Waals surface area (Å²) >= 11 is 9.47. The number of halogens is 2. The highest BCUT2D eigenvalue weighted by Gasteiger charge is 2.11. The van der Waals surface area contributed by atoms with E-state index in [1.54, 1.807) is 0 Å². The van der Waals surface area contributed by atoms with Crippen LogP contribution in [-0.4, -0.2) is 17.0 Å². The van der Waals surface area contributed by atoms with Crippen molar-refractivity contribution in [1.29, 1.82) is 0 Å². The van der Waals surface area contributed by atoms with E-state index in [9.17, 15) is 0 Å². The van der Waals surface area contributed by atoms with E-state index in [0.29, 0.717) is 16.8 Å². The van der Waals surface area contributed by atoms with Crippen LogP contribution in [0, 0.1) is 0 Å². The van der Waals surface area contributed by atoms with Crippen molar-refractivity contribution in [3.63, 3.8) is 0 Å². The number of rotatable bonds is 3. The van der Waals surface area contributed by atoms with Crippen LogP contribution in [0.25, 0.3) is 11.4 Å². The maximum absolute atomic E-state index is 5.96. The number of aromatic nitrogens is 2. The van der Waals surface area contributed by atoms with Crippen LogP contribution in [0.1, 0.15) is 25.5 Å². The SMILES string of the molecule is CNc1cc(C(C)C)nc(-c2ccc(Cl)cc2Br)n1. The summed E-state index contributed by atoms with van der Waals surface area (Å²) in [4.78, 5) is 9.12. The minimum atomic E-state index is 0.347. The predicted octanol–water partition coefficient (Wildman–Crippen LogP) is 4.72. The number of hydrogen-bond donors (Lipinski definition) is 1. The van der Waals surface area contributed by atoms with E-state index in [4.69, 9.17) is 11.6 Å². The average molecular weight is 341 g/mol. The van der Waals surface area contributed by atoms with Gasteiger partial charge in [-0.2, -0.15) is 0 Å². The van der Waals surface area contributed by atoms with Gasteiger partial charge in [0.2, 0.25) is 0 Å². The van der Waals surface area contributed by atoms with Gasteiger partial charge in [0, 0.05) is 33.9 Å². The zero-order valence-corrected chi connectivity index (χ0v) is 13.4. The minimum absolute atomic E-state index is 0.347. The van der Waals surface area contributed by atoms with Crippen LogP contribution in [0.3, 0.4) is 0 Å². The van der Waals surface area contributed by atoms with E-state index in [0.717, 1.165) is 21.5 Å². The molecule has 1 aromatic carbocycles. The molecule has 0 aliphatic carbocycles. The average Bonchev–Trinajstić information content (AvgIpc) is 2.38. The highest BCUT2D eigenvalue weighted by Crippen LogP contribution is 2.30. The normalized spacial score (nSPS) is 10.8. The summed E-state index contributed by atoms with van der Waals surface area (Å²) in [6, 6.07) is 7.58. The van der Waals surface area contributed by atoms with Crippen molar-refractivity contribution in [1.82, 2.24) is 9.97 Å². The number of anilines is 1. The molecule has 0 fully saturated rings. The van der Waals surface area contributed by atoms with Crippen molar-refractivity contribution in [3.8, 4) is 11.4 Å². The first-order valence-corrected chi connectivity index (χ1v) is 7.20. The minimum Gasteiger partial charge on any atom is -0.373 e. The van der Waals surface area contributed by atoms with E-state index >= 15 is 0 Å². The van der Waals surface area contributed by atoms with Crippen LogP contribution >= 0.6 is 27.5 Å². The van der Waals surface area contributed by atoms with Gasteiger partial charge in [-0.3, -0.25) is 0 Å². The summed E-state index contributed by atoms with van der Waals surface area (Å²) in [5.74, 6) is 1.86. The molecule has 0 amide bonds. The highest BCUT2D eigenvalue weighted by molar-refractivity contribution is 9.10. The maximum Gasteiger partial charge on any atom is 0.162 e. The zero-order valence-electron chi connectivity index (χ0n) is 11.0. The summed E-state index contributed by atoms with van der Waals surface area (Å²) < 4.78 is 0.892. The fourth-order valence-electron chi connectivity index (χ4n) is 1.68. The lowest BCUT2D eigenvalue weighted by Crippen LogP contribution is -2.02. The molecule has 0 aliphatic rings. The fraction of sp³-hybridized carbons (Fsp3) is 0.286. The Morgan fingerprint density at radius 1 is 1.21 bits per heavy atom. The number of nitrogens with zero attached hydrogens (tertiary/aromatic N) is 2. The van der Waals surface area contributed by atoms with Crippen LogP contribution in [0.2, 0.25) is 5.02 Å². The third kappa shape index (κ3) is 3.25. The van der Waals surface area contributed by atoms with Crippen LogP contribution in [0.5, 0.6) is 0 Å². The fourth-order valence-corrected chi connectivity index (χ4v) is 2.54. The third-order valence-corrected chi connectivity index (χ3v) is 3.66. The van der Waals surface area contributed by atoms with Gasteiger partial charge in [-0.05, 0) is 40.0 Å². The monoisotopic (exact) mass is 339 g/mol. The van der Waals surface area contributed by atoms with Gasteiger partial charge in [-0.25, -0.2) is 9.97 Å². The van der Waals surface area contributed by atoms with Crippen molar-refractivity contribution in [3.05, 3.63) is 39.5 Å². The van der Waals surface area contributed by atoms with Gasteiger partial charge >= 0.3 is 0 Å². The molecular formula is C14H15BrClN3. The summed E-state index contributed by atoms with van der Waals surface area (Å²) in [6.07, 6.45) is 0. The topological polar surface area (TPSA) is 37.8 Å². The lowest BCUT2D eigenvalue weighted by atomic mass is 10.1. The Hall–Kier alpha value is -1.13. The Kier molecular flexibility index (Phi) is 4.42. The second-order valence-electron chi connectivity index (χ2n) is 4.53. The molecular weight excluding hydrogens is 326 g/mol. The van der Waals surface area contributed by atoms with Crippen molar-refractivity contribution >= 4 is 33.3 Å². The molecule has 0 atom stereocenters. The van der Waals surface area contributed by atoms with Crippen molar-refractivity contribution in [2.24, 2.45) is 0 Å². The lowest BCUT2D eigenvalue weighted by Gasteiger charge is -2.11.